The molecule has 0 bridgehead atoms. The van der Waals surface area contributed by atoms with Gasteiger partial charge in [-0.2, -0.15) is 0 Å². The van der Waals surface area contributed by atoms with E-state index in [0.717, 1.165) is 32.5 Å². The third kappa shape index (κ3) is 5.65. The standard InChI is InChI=1S/C20H32N2O/c1-5-19(23)21-18-7-6-13-22(15-18)14-12-16-8-10-17(11-9-16)20(2,3)4/h8-11,18H,5-7,12-15H2,1-4H3,(H,21,23)/t18-/m0/s1. The third-order valence-electron chi connectivity index (χ3n) is 4.73. The second-order valence-electron chi connectivity index (χ2n) is 7.76. The quantitative estimate of drug-likeness (QED) is 0.901. The highest BCUT2D eigenvalue weighted by Crippen LogP contribution is 2.22. The van der Waals surface area contributed by atoms with Crippen LogP contribution in [0, 0.1) is 0 Å². The number of hydrogen-bond acceptors (Lipinski definition) is 2. The molecule has 1 aromatic carbocycles. The second-order valence-corrected chi connectivity index (χ2v) is 7.76. The molecule has 1 atom stereocenters. The predicted octanol–water partition coefficient (Wildman–Crippen LogP) is 3.52. The van der Waals surface area contributed by atoms with E-state index in [2.05, 4.69) is 55.3 Å². The molecule has 0 aliphatic carbocycles. The molecule has 1 aliphatic rings. The first-order valence-electron chi connectivity index (χ1n) is 8.99. The molecule has 23 heavy (non-hydrogen) atoms. The van der Waals surface area contributed by atoms with Gasteiger partial charge in [0.1, 0.15) is 0 Å². The van der Waals surface area contributed by atoms with Crippen LogP contribution in [0.4, 0.5) is 0 Å². The van der Waals surface area contributed by atoms with E-state index >= 15 is 0 Å². The maximum atomic E-state index is 11.5. The molecule has 3 nitrogen and oxygen atoms in total. The summed E-state index contributed by atoms with van der Waals surface area (Å²) in [4.78, 5) is 14.0. The highest BCUT2D eigenvalue weighted by molar-refractivity contribution is 5.75. The van der Waals surface area contributed by atoms with Crippen molar-refractivity contribution in [1.82, 2.24) is 10.2 Å². The van der Waals surface area contributed by atoms with Crippen molar-refractivity contribution in [3.8, 4) is 0 Å². The van der Waals surface area contributed by atoms with E-state index in [0.29, 0.717) is 12.5 Å². The number of nitrogens with one attached hydrogen (secondary N) is 1. The minimum Gasteiger partial charge on any atom is -0.352 e. The van der Waals surface area contributed by atoms with E-state index in [1.165, 1.54) is 17.5 Å². The summed E-state index contributed by atoms with van der Waals surface area (Å²) in [6, 6.07) is 9.38. The molecule has 1 aromatic rings. The molecule has 1 amide bonds. The van der Waals surface area contributed by atoms with Gasteiger partial charge in [-0.15, -0.1) is 0 Å². The Balaban J connectivity index is 1.82. The fraction of sp³-hybridized carbons (Fsp3) is 0.650. The van der Waals surface area contributed by atoms with Crippen LogP contribution in [0.3, 0.4) is 0 Å². The summed E-state index contributed by atoms with van der Waals surface area (Å²) in [5.41, 5.74) is 3.01. The molecule has 1 fully saturated rings. The summed E-state index contributed by atoms with van der Waals surface area (Å²) in [6.07, 6.45) is 3.95. The van der Waals surface area contributed by atoms with Crippen LogP contribution < -0.4 is 5.32 Å². The van der Waals surface area contributed by atoms with E-state index in [1.54, 1.807) is 0 Å². The summed E-state index contributed by atoms with van der Waals surface area (Å²) in [7, 11) is 0. The van der Waals surface area contributed by atoms with Gasteiger partial charge >= 0.3 is 0 Å². The highest BCUT2D eigenvalue weighted by atomic mass is 16.1. The fourth-order valence-electron chi connectivity index (χ4n) is 3.16. The molecule has 0 unspecified atom stereocenters. The lowest BCUT2D eigenvalue weighted by molar-refractivity contribution is -0.121. The Morgan fingerprint density at radius 3 is 2.57 bits per heavy atom. The van der Waals surface area contributed by atoms with Gasteiger partial charge in [0.05, 0.1) is 0 Å². The zero-order valence-corrected chi connectivity index (χ0v) is 15.2. The van der Waals surface area contributed by atoms with Crippen LogP contribution in [0.1, 0.15) is 58.1 Å². The minimum atomic E-state index is 0.176. The summed E-state index contributed by atoms with van der Waals surface area (Å²) < 4.78 is 0. The molecule has 2 rings (SSSR count). The normalized spacial score (nSPS) is 19.6. The van der Waals surface area contributed by atoms with Crippen molar-refractivity contribution < 1.29 is 4.79 Å². The lowest BCUT2D eigenvalue weighted by Gasteiger charge is -2.33. The molecule has 1 N–H and O–H groups in total. The lowest BCUT2D eigenvalue weighted by atomic mass is 9.86. The molecule has 0 radical (unpaired) electrons. The number of nitrogens with zero attached hydrogens (tertiary/aromatic N) is 1. The predicted molar refractivity (Wildman–Crippen MR) is 96.7 cm³/mol. The summed E-state index contributed by atoms with van der Waals surface area (Å²) in [5.74, 6) is 0.176. The van der Waals surface area contributed by atoms with Crippen molar-refractivity contribution in [2.24, 2.45) is 0 Å². The molecule has 1 saturated heterocycles. The van der Waals surface area contributed by atoms with Gasteiger partial charge in [-0.05, 0) is 42.3 Å². The molecular formula is C20H32N2O. The summed E-state index contributed by atoms with van der Waals surface area (Å²) >= 11 is 0. The van der Waals surface area contributed by atoms with Crippen molar-refractivity contribution in [3.63, 3.8) is 0 Å². The van der Waals surface area contributed by atoms with Gasteiger partial charge < -0.3 is 10.2 Å². The fourth-order valence-corrected chi connectivity index (χ4v) is 3.16. The number of piperidine rings is 1. The monoisotopic (exact) mass is 316 g/mol. The smallest absolute Gasteiger partial charge is 0.219 e. The van der Waals surface area contributed by atoms with Crippen LogP contribution in [-0.4, -0.2) is 36.5 Å². The minimum absolute atomic E-state index is 0.176. The highest BCUT2D eigenvalue weighted by Gasteiger charge is 2.20. The van der Waals surface area contributed by atoms with Gasteiger partial charge in [-0.1, -0.05) is 52.0 Å². The molecule has 0 aromatic heterocycles. The second kappa shape index (κ2) is 7.96. The van der Waals surface area contributed by atoms with Crippen molar-refractivity contribution in [2.45, 2.75) is 64.8 Å². The number of carbonyl (C=O) groups is 1. The first-order chi connectivity index (χ1) is 10.9. The van der Waals surface area contributed by atoms with Crippen LogP contribution in [0.15, 0.2) is 24.3 Å². The summed E-state index contributed by atoms with van der Waals surface area (Å²) in [5, 5.41) is 3.14. The largest absolute Gasteiger partial charge is 0.352 e. The van der Waals surface area contributed by atoms with Crippen LogP contribution in [0.25, 0.3) is 0 Å². The lowest BCUT2D eigenvalue weighted by Crippen LogP contribution is -2.48. The molecule has 128 valence electrons. The number of carbonyl (C=O) groups excluding carboxylic acids is 1. The Hall–Kier alpha value is -1.35. The summed E-state index contributed by atoms with van der Waals surface area (Å²) in [6.45, 7) is 11.9. The van der Waals surface area contributed by atoms with Gasteiger partial charge in [0, 0.05) is 25.6 Å². The maximum absolute atomic E-state index is 11.5. The van der Waals surface area contributed by atoms with E-state index in [-0.39, 0.29) is 11.3 Å². The van der Waals surface area contributed by atoms with Gasteiger partial charge in [0.2, 0.25) is 5.91 Å². The van der Waals surface area contributed by atoms with Crippen molar-refractivity contribution >= 4 is 5.91 Å². The van der Waals surface area contributed by atoms with Gasteiger partial charge in [0.15, 0.2) is 0 Å². The number of benzene rings is 1. The number of likely N-dealkylation sites (tertiary alicyclic amines) is 1. The number of hydrogen-bond donors (Lipinski definition) is 1. The van der Waals surface area contributed by atoms with E-state index in [1.807, 2.05) is 6.92 Å². The van der Waals surface area contributed by atoms with Crippen molar-refractivity contribution in [3.05, 3.63) is 35.4 Å². The van der Waals surface area contributed by atoms with E-state index in [4.69, 9.17) is 0 Å². The SMILES string of the molecule is CCC(=O)N[C@H]1CCCN(CCc2ccc(C(C)(C)C)cc2)C1. The first-order valence-corrected chi connectivity index (χ1v) is 8.99. The van der Waals surface area contributed by atoms with Crippen LogP contribution in [0.5, 0.6) is 0 Å². The zero-order valence-electron chi connectivity index (χ0n) is 15.2. The van der Waals surface area contributed by atoms with Crippen molar-refractivity contribution in [1.29, 1.82) is 0 Å². The third-order valence-corrected chi connectivity index (χ3v) is 4.73. The van der Waals surface area contributed by atoms with Gasteiger partial charge in [-0.3, -0.25) is 4.79 Å². The Labute approximate surface area is 141 Å². The number of amides is 1. The molecule has 3 heteroatoms. The Kier molecular flexibility index (Phi) is 6.23. The molecule has 1 heterocycles. The van der Waals surface area contributed by atoms with Gasteiger partial charge in [-0.25, -0.2) is 0 Å². The van der Waals surface area contributed by atoms with Gasteiger partial charge in [0.25, 0.3) is 0 Å². The van der Waals surface area contributed by atoms with Crippen LogP contribution >= 0.6 is 0 Å². The topological polar surface area (TPSA) is 32.3 Å². The van der Waals surface area contributed by atoms with Crippen molar-refractivity contribution in [2.75, 3.05) is 19.6 Å². The molecular weight excluding hydrogens is 284 g/mol. The zero-order chi connectivity index (χ0) is 16.9. The first kappa shape index (κ1) is 18.0. The van der Waals surface area contributed by atoms with E-state index < -0.39 is 0 Å². The Bertz CT molecular complexity index is 501. The van der Waals surface area contributed by atoms with Crippen LogP contribution in [0.2, 0.25) is 0 Å². The molecule has 0 saturated carbocycles. The number of rotatable bonds is 5. The average Bonchev–Trinajstić information content (AvgIpc) is 2.53. The maximum Gasteiger partial charge on any atom is 0.219 e. The van der Waals surface area contributed by atoms with E-state index in [9.17, 15) is 4.79 Å². The Morgan fingerprint density at radius 1 is 1.26 bits per heavy atom. The molecule has 0 spiro atoms. The average molecular weight is 316 g/mol. The Morgan fingerprint density at radius 2 is 1.96 bits per heavy atom. The molecule has 1 aliphatic heterocycles. The van der Waals surface area contributed by atoms with Crippen LogP contribution in [-0.2, 0) is 16.6 Å².